The molecule has 0 bridgehead atoms. The average molecular weight is 863 g/mol. The molecule has 2 aliphatic rings. The van der Waals surface area contributed by atoms with Crippen LogP contribution >= 0.6 is 12.2 Å². The van der Waals surface area contributed by atoms with Crippen molar-refractivity contribution >= 4 is 64.1 Å². The van der Waals surface area contributed by atoms with E-state index >= 15 is 0 Å². The van der Waals surface area contributed by atoms with E-state index in [1.807, 2.05) is 26.0 Å². The number of nitriles is 1. The number of imide groups is 1. The summed E-state index contributed by atoms with van der Waals surface area (Å²) in [5.74, 6) is -0.625. The molecule has 17 heteroatoms. The molecule has 0 radical (unpaired) electrons. The molecule has 0 spiro atoms. The minimum atomic E-state index is -4.78. The molecule has 4 amide bonds. The van der Waals surface area contributed by atoms with Crippen molar-refractivity contribution in [2.45, 2.75) is 90.1 Å². The largest absolute Gasteiger partial charge is 0.492 e. The van der Waals surface area contributed by atoms with Gasteiger partial charge in [0, 0.05) is 67.9 Å². The van der Waals surface area contributed by atoms with Crippen LogP contribution in [0.5, 0.6) is 5.75 Å². The van der Waals surface area contributed by atoms with Crippen molar-refractivity contribution in [2.24, 2.45) is 0 Å². The second-order valence-electron chi connectivity index (χ2n) is 16.4. The van der Waals surface area contributed by atoms with Gasteiger partial charge in [0.2, 0.25) is 17.7 Å². The molecule has 2 fully saturated rings. The third-order valence-electron chi connectivity index (χ3n) is 11.1. The summed E-state index contributed by atoms with van der Waals surface area (Å²) in [5, 5.41) is 17.7. The molecule has 326 valence electrons. The second kappa shape index (κ2) is 19.4. The molecule has 0 aromatic heterocycles. The Balaban J connectivity index is 1.16. The molecule has 3 aromatic carbocycles. The van der Waals surface area contributed by atoms with E-state index in [0.717, 1.165) is 35.7 Å². The van der Waals surface area contributed by atoms with E-state index in [4.69, 9.17) is 17.0 Å². The Labute approximate surface area is 360 Å². The van der Waals surface area contributed by atoms with Gasteiger partial charge in [-0.25, -0.2) is 0 Å². The van der Waals surface area contributed by atoms with Crippen molar-refractivity contribution in [1.82, 2.24) is 15.1 Å². The van der Waals surface area contributed by atoms with E-state index in [2.05, 4.69) is 39.6 Å². The Bertz CT molecular complexity index is 2160. The van der Waals surface area contributed by atoms with Gasteiger partial charge in [0.05, 0.1) is 29.2 Å². The molecular weight excluding hydrogens is 810 g/mol. The van der Waals surface area contributed by atoms with Gasteiger partial charge in [-0.2, -0.15) is 18.4 Å². The smallest absolute Gasteiger partial charge is 0.417 e. The maximum absolute atomic E-state index is 13.9. The first-order valence-corrected chi connectivity index (χ1v) is 20.6. The number of hydrogen-bond donors (Lipinski definition) is 3. The molecule has 3 N–H and O–H groups in total. The van der Waals surface area contributed by atoms with Gasteiger partial charge in [0.1, 0.15) is 23.9 Å². The van der Waals surface area contributed by atoms with E-state index in [1.165, 1.54) is 18.6 Å². The van der Waals surface area contributed by atoms with E-state index in [-0.39, 0.29) is 54.4 Å². The molecule has 2 unspecified atom stereocenters. The number of ether oxygens (including phenoxy) is 1. The highest BCUT2D eigenvalue weighted by molar-refractivity contribution is 7.79. The Hall–Kier alpha value is -5.57. The fourth-order valence-corrected chi connectivity index (χ4v) is 8.20. The summed E-state index contributed by atoms with van der Waals surface area (Å²) < 4.78 is 47.5. The normalized spacial score (nSPS) is 18.8. The Morgan fingerprint density at radius 2 is 1.70 bits per heavy atom. The molecule has 5 rings (SSSR count). The van der Waals surface area contributed by atoms with Crippen LogP contribution in [0.15, 0.2) is 60.7 Å². The highest BCUT2D eigenvalue weighted by Crippen LogP contribution is 2.37. The molecule has 3 atom stereocenters. The number of thiocarbonyl (C=S) groups is 1. The zero-order valence-corrected chi connectivity index (χ0v) is 36.2. The zero-order valence-electron chi connectivity index (χ0n) is 35.4. The first-order chi connectivity index (χ1) is 28.7. The molecular formula is C44H53F3N8O5S. The number of nitrogens with zero attached hydrogens (tertiary/aromatic N) is 5. The third-order valence-corrected chi connectivity index (χ3v) is 11.4. The molecule has 0 saturated carbocycles. The standard InChI is InChI=1S/C44H53F3N8O5S/c1-27(2)35-20-34(55(26-61)43(5,6)42(59)52(7)33-12-11-30(22-48)36(21-33)44(45,46)47)13-15-38(35)60-18-17-53-23-28(3)54(29(4)24-53)25-40(57)50-32-10-8-9-31(19-32)49-37-14-16-39(56)51-41(37)58/h8-13,15,19-21,26-29,37,49H,14,16-18,23-25H2,1-7H3,(H,50,57)(H,51,56,58)/t28-,29?,37?/m0/s1. The number of amides is 4. The van der Waals surface area contributed by atoms with Crippen LogP contribution in [0.2, 0.25) is 0 Å². The van der Waals surface area contributed by atoms with Gasteiger partial charge < -0.3 is 25.2 Å². The minimum absolute atomic E-state index is 0.0166. The third kappa shape index (κ3) is 11.2. The van der Waals surface area contributed by atoms with Crippen molar-refractivity contribution < 1.29 is 37.1 Å². The second-order valence-corrected chi connectivity index (χ2v) is 16.6. The lowest BCUT2D eigenvalue weighted by molar-refractivity contribution is -0.138. The molecule has 2 saturated heterocycles. The van der Waals surface area contributed by atoms with E-state index < -0.39 is 34.8 Å². The number of nitrogens with one attached hydrogen (secondary N) is 3. The summed E-state index contributed by atoms with van der Waals surface area (Å²) in [6.45, 7) is 14.2. The van der Waals surface area contributed by atoms with Crippen molar-refractivity contribution in [3.63, 3.8) is 0 Å². The van der Waals surface area contributed by atoms with Crippen LogP contribution in [0.3, 0.4) is 0 Å². The van der Waals surface area contributed by atoms with Gasteiger partial charge in [-0.3, -0.25) is 34.3 Å². The first kappa shape index (κ1) is 46.5. The number of alkyl halides is 3. The monoisotopic (exact) mass is 862 g/mol. The van der Waals surface area contributed by atoms with Crippen molar-refractivity contribution in [2.75, 3.05) is 60.3 Å². The van der Waals surface area contributed by atoms with Crippen molar-refractivity contribution in [1.29, 1.82) is 5.26 Å². The number of benzene rings is 3. The lowest BCUT2D eigenvalue weighted by atomic mass is 9.97. The average Bonchev–Trinajstić information content (AvgIpc) is 3.19. The van der Waals surface area contributed by atoms with Crippen LogP contribution in [0.4, 0.5) is 35.9 Å². The van der Waals surface area contributed by atoms with Crippen molar-refractivity contribution in [3.8, 4) is 11.8 Å². The lowest BCUT2D eigenvalue weighted by Crippen LogP contribution is -2.58. The number of piperazine rings is 1. The maximum atomic E-state index is 13.9. The van der Waals surface area contributed by atoms with Crippen LogP contribution in [-0.2, 0) is 25.4 Å². The number of rotatable bonds is 15. The zero-order chi connectivity index (χ0) is 44.8. The van der Waals surface area contributed by atoms with Crippen LogP contribution < -0.4 is 30.5 Å². The van der Waals surface area contributed by atoms with Gasteiger partial charge in [0.15, 0.2) is 0 Å². The molecule has 13 nitrogen and oxygen atoms in total. The molecule has 2 heterocycles. The summed E-state index contributed by atoms with van der Waals surface area (Å²) in [6.07, 6.45) is -4.12. The number of carbonyl (C=O) groups excluding carboxylic acids is 4. The fourth-order valence-electron chi connectivity index (χ4n) is 7.82. The quantitative estimate of drug-likeness (QED) is 0.113. The van der Waals surface area contributed by atoms with E-state index in [1.54, 1.807) is 55.1 Å². The lowest BCUT2D eigenvalue weighted by Gasteiger charge is -2.44. The Kier molecular flexibility index (Phi) is 14.8. The molecule has 3 aromatic rings. The van der Waals surface area contributed by atoms with Gasteiger partial charge in [-0.1, -0.05) is 32.1 Å². The van der Waals surface area contributed by atoms with E-state index in [0.29, 0.717) is 42.4 Å². The summed E-state index contributed by atoms with van der Waals surface area (Å²) in [5.41, 5.74) is 1.10. The summed E-state index contributed by atoms with van der Waals surface area (Å²) in [7, 11) is 1.39. The predicted molar refractivity (Wildman–Crippen MR) is 233 cm³/mol. The van der Waals surface area contributed by atoms with Crippen molar-refractivity contribution in [3.05, 3.63) is 77.4 Å². The highest BCUT2D eigenvalue weighted by atomic mass is 32.1. The van der Waals surface area contributed by atoms with Crippen LogP contribution in [-0.4, -0.2) is 102 Å². The van der Waals surface area contributed by atoms with Crippen LogP contribution in [0.25, 0.3) is 0 Å². The predicted octanol–water partition coefficient (Wildman–Crippen LogP) is 6.53. The summed E-state index contributed by atoms with van der Waals surface area (Å²) in [4.78, 5) is 58.0. The fraction of sp³-hybridized carbons (Fsp3) is 0.455. The van der Waals surface area contributed by atoms with Crippen LogP contribution in [0, 0.1) is 11.3 Å². The van der Waals surface area contributed by atoms with Gasteiger partial charge in [0.25, 0.3) is 5.91 Å². The van der Waals surface area contributed by atoms with Gasteiger partial charge in [-0.15, -0.1) is 0 Å². The first-order valence-electron chi connectivity index (χ1n) is 20.1. The maximum Gasteiger partial charge on any atom is 0.417 e. The summed E-state index contributed by atoms with van der Waals surface area (Å²) >= 11 is 5.39. The summed E-state index contributed by atoms with van der Waals surface area (Å²) in [6, 6.07) is 17.0. The molecule has 2 aliphatic heterocycles. The molecule has 61 heavy (non-hydrogen) atoms. The number of carbonyl (C=O) groups is 4. The van der Waals surface area contributed by atoms with Crippen LogP contribution in [0.1, 0.15) is 77.0 Å². The number of piperidine rings is 1. The highest BCUT2D eigenvalue weighted by Gasteiger charge is 2.39. The van der Waals surface area contributed by atoms with E-state index in [9.17, 15) is 37.6 Å². The Morgan fingerprint density at radius 3 is 2.33 bits per heavy atom. The topological polar surface area (TPSA) is 150 Å². The van der Waals surface area contributed by atoms with Gasteiger partial charge in [-0.05, 0) is 100 Å². The number of halogens is 3. The Morgan fingerprint density at radius 1 is 1.03 bits per heavy atom. The SMILES string of the molecule is CC(C)c1cc(N(C=S)C(C)(C)C(=O)N(C)c2ccc(C#N)c(C(F)(F)F)c2)ccc1OCCN1CC(C)N(CC(=O)Nc2cccc(NC3CCC(=O)NC3=O)c2)[C@@H](C)C1. The van der Waals surface area contributed by atoms with Gasteiger partial charge >= 0.3 is 6.18 Å². The number of anilines is 4. The molecule has 0 aliphatic carbocycles. The number of likely N-dealkylation sites (N-methyl/N-ethyl adjacent to an activating group) is 1. The minimum Gasteiger partial charge on any atom is -0.492 e. The number of hydrogen-bond acceptors (Lipinski definition) is 10.